The number of rotatable bonds is 4. The lowest BCUT2D eigenvalue weighted by atomic mass is 10.1. The summed E-state index contributed by atoms with van der Waals surface area (Å²) in [5.41, 5.74) is 1.12. The van der Waals surface area contributed by atoms with Crippen LogP contribution in [0.2, 0.25) is 10.0 Å². The van der Waals surface area contributed by atoms with Crippen LogP contribution in [0.25, 0.3) is 0 Å². The summed E-state index contributed by atoms with van der Waals surface area (Å²) in [6.07, 6.45) is 0.640. The van der Waals surface area contributed by atoms with Crippen molar-refractivity contribution in [3.05, 3.63) is 45.9 Å². The van der Waals surface area contributed by atoms with Gasteiger partial charge in [0.05, 0.1) is 10.0 Å². The minimum Gasteiger partial charge on any atom is -0.508 e. The number of amides is 3. The Labute approximate surface area is 153 Å². The molecule has 2 aromatic rings. The van der Waals surface area contributed by atoms with Gasteiger partial charge in [-0.3, -0.25) is 15.0 Å². The second-order valence-electron chi connectivity index (χ2n) is 5.42. The predicted molar refractivity (Wildman–Crippen MR) is 94.9 cm³/mol. The molecule has 2 aromatic carbocycles. The molecule has 0 aromatic heterocycles. The fourth-order valence-corrected chi connectivity index (χ4v) is 3.03. The number of imide groups is 1. The average Bonchev–Trinajstić information content (AvgIpc) is 2.90. The van der Waals surface area contributed by atoms with Crippen LogP contribution in [0.4, 0.5) is 10.5 Å². The van der Waals surface area contributed by atoms with E-state index in [2.05, 4.69) is 5.32 Å². The van der Waals surface area contributed by atoms with E-state index in [4.69, 9.17) is 27.9 Å². The van der Waals surface area contributed by atoms with Crippen molar-refractivity contribution < 1.29 is 19.4 Å². The maximum Gasteiger partial charge on any atom is 0.329 e. The van der Waals surface area contributed by atoms with Crippen LogP contribution in [0.1, 0.15) is 12.5 Å². The monoisotopic (exact) mass is 380 g/mol. The Bertz CT molecular complexity index is 847. The van der Waals surface area contributed by atoms with Crippen LogP contribution in [-0.2, 0) is 11.2 Å². The van der Waals surface area contributed by atoms with Gasteiger partial charge in [-0.25, -0.2) is 4.79 Å². The van der Waals surface area contributed by atoms with E-state index in [1.54, 1.807) is 12.1 Å². The number of hydrogen-bond acceptors (Lipinski definition) is 4. The van der Waals surface area contributed by atoms with Gasteiger partial charge in [-0.2, -0.15) is 0 Å². The standard InChI is InChI=1S/C17H14Cl2N2O4/c1-2-9-5-11(3-4-14(9)22)25-16-12(18)6-10(7-13(16)19)21-8-15(23)20-17(21)24/h3-7,22H,2,8H2,1H3,(H,20,23,24). The zero-order valence-corrected chi connectivity index (χ0v) is 14.7. The number of benzene rings is 2. The highest BCUT2D eigenvalue weighted by atomic mass is 35.5. The normalized spacial score (nSPS) is 14.0. The van der Waals surface area contributed by atoms with E-state index in [1.165, 1.54) is 23.1 Å². The van der Waals surface area contributed by atoms with Gasteiger partial charge >= 0.3 is 6.03 Å². The molecule has 0 spiro atoms. The van der Waals surface area contributed by atoms with Crippen molar-refractivity contribution in [3.63, 3.8) is 0 Å². The van der Waals surface area contributed by atoms with Gasteiger partial charge in [-0.1, -0.05) is 30.1 Å². The average molecular weight is 381 g/mol. The van der Waals surface area contributed by atoms with Crippen LogP contribution in [0.5, 0.6) is 17.2 Å². The third-order valence-corrected chi connectivity index (χ3v) is 4.30. The first kappa shape index (κ1) is 17.4. The molecule has 1 fully saturated rings. The maximum absolute atomic E-state index is 11.7. The SMILES string of the molecule is CCc1cc(Oc2c(Cl)cc(N3CC(=O)NC3=O)cc2Cl)ccc1O. The van der Waals surface area contributed by atoms with Crippen LogP contribution >= 0.6 is 23.2 Å². The van der Waals surface area contributed by atoms with Crippen LogP contribution in [-0.4, -0.2) is 23.6 Å². The van der Waals surface area contributed by atoms with Gasteiger partial charge in [0.25, 0.3) is 0 Å². The summed E-state index contributed by atoms with van der Waals surface area (Å²) in [4.78, 5) is 24.3. The molecule has 1 aliphatic heterocycles. The van der Waals surface area contributed by atoms with Gasteiger partial charge in [0.15, 0.2) is 5.75 Å². The number of nitrogens with one attached hydrogen (secondary N) is 1. The Hall–Kier alpha value is -2.44. The molecule has 0 aliphatic carbocycles. The highest BCUT2D eigenvalue weighted by Gasteiger charge is 2.29. The minimum atomic E-state index is -0.531. The lowest BCUT2D eigenvalue weighted by Gasteiger charge is -2.17. The Morgan fingerprint density at radius 2 is 1.88 bits per heavy atom. The molecule has 0 radical (unpaired) electrons. The summed E-state index contributed by atoms with van der Waals surface area (Å²) in [6, 6.07) is 7.30. The number of ether oxygens (including phenoxy) is 1. The topological polar surface area (TPSA) is 78.9 Å². The summed E-state index contributed by atoms with van der Waals surface area (Å²) in [5.74, 6) is 0.493. The summed E-state index contributed by atoms with van der Waals surface area (Å²) < 4.78 is 5.74. The van der Waals surface area contributed by atoms with Crippen molar-refractivity contribution in [1.29, 1.82) is 0 Å². The number of phenols is 1. The molecule has 1 heterocycles. The van der Waals surface area contributed by atoms with E-state index in [1.807, 2.05) is 6.92 Å². The second kappa shape index (κ2) is 6.82. The molecule has 25 heavy (non-hydrogen) atoms. The van der Waals surface area contributed by atoms with E-state index in [-0.39, 0.29) is 28.1 Å². The molecule has 1 aliphatic rings. The molecule has 0 unspecified atom stereocenters. The minimum absolute atomic E-state index is 0.0937. The molecule has 3 rings (SSSR count). The predicted octanol–water partition coefficient (Wildman–Crippen LogP) is 4.11. The molecule has 3 amide bonds. The number of aromatic hydroxyl groups is 1. The first-order valence-corrected chi connectivity index (χ1v) is 8.24. The molecule has 6 nitrogen and oxygen atoms in total. The quantitative estimate of drug-likeness (QED) is 0.782. The Balaban J connectivity index is 1.91. The van der Waals surface area contributed by atoms with Crippen molar-refractivity contribution in [3.8, 4) is 17.2 Å². The summed E-state index contributed by atoms with van der Waals surface area (Å²) in [5, 5.41) is 12.3. The van der Waals surface area contributed by atoms with Crippen LogP contribution in [0.3, 0.4) is 0 Å². The van der Waals surface area contributed by atoms with Crippen molar-refractivity contribution in [2.75, 3.05) is 11.4 Å². The van der Waals surface area contributed by atoms with E-state index >= 15 is 0 Å². The van der Waals surface area contributed by atoms with Gasteiger partial charge < -0.3 is 9.84 Å². The molecule has 0 atom stereocenters. The van der Waals surface area contributed by atoms with E-state index in [0.717, 1.165) is 5.56 Å². The van der Waals surface area contributed by atoms with E-state index < -0.39 is 11.9 Å². The first-order valence-electron chi connectivity index (χ1n) is 7.49. The summed E-state index contributed by atoms with van der Waals surface area (Å²) in [7, 11) is 0. The zero-order chi connectivity index (χ0) is 18.1. The lowest BCUT2D eigenvalue weighted by molar-refractivity contribution is -0.117. The molecular formula is C17H14Cl2N2O4. The Kier molecular flexibility index (Phi) is 4.74. The molecule has 1 saturated heterocycles. The van der Waals surface area contributed by atoms with Crippen LogP contribution < -0.4 is 15.0 Å². The molecule has 0 saturated carbocycles. The molecule has 8 heteroatoms. The number of carbonyl (C=O) groups excluding carboxylic acids is 2. The smallest absolute Gasteiger partial charge is 0.329 e. The Morgan fingerprint density at radius 3 is 2.44 bits per heavy atom. The lowest BCUT2D eigenvalue weighted by Crippen LogP contribution is -2.27. The third kappa shape index (κ3) is 3.50. The van der Waals surface area contributed by atoms with E-state index in [0.29, 0.717) is 17.9 Å². The van der Waals surface area contributed by atoms with Gasteiger partial charge in [-0.05, 0) is 42.3 Å². The summed E-state index contributed by atoms with van der Waals surface area (Å²) >= 11 is 12.5. The van der Waals surface area contributed by atoms with Gasteiger partial charge in [0.1, 0.15) is 18.0 Å². The van der Waals surface area contributed by atoms with Crippen molar-refractivity contribution in [2.24, 2.45) is 0 Å². The van der Waals surface area contributed by atoms with Crippen LogP contribution in [0.15, 0.2) is 30.3 Å². The molecule has 2 N–H and O–H groups in total. The van der Waals surface area contributed by atoms with Gasteiger partial charge in [0.2, 0.25) is 5.91 Å². The maximum atomic E-state index is 11.7. The third-order valence-electron chi connectivity index (χ3n) is 3.74. The highest BCUT2D eigenvalue weighted by molar-refractivity contribution is 6.37. The Morgan fingerprint density at radius 1 is 1.20 bits per heavy atom. The number of anilines is 1. The fraction of sp³-hybridized carbons (Fsp3) is 0.176. The number of aryl methyl sites for hydroxylation is 1. The molecule has 0 bridgehead atoms. The summed E-state index contributed by atoms with van der Waals surface area (Å²) in [6.45, 7) is 1.82. The van der Waals surface area contributed by atoms with Crippen molar-refractivity contribution >= 4 is 40.8 Å². The number of carbonyl (C=O) groups is 2. The zero-order valence-electron chi connectivity index (χ0n) is 13.2. The highest BCUT2D eigenvalue weighted by Crippen LogP contribution is 2.40. The largest absolute Gasteiger partial charge is 0.508 e. The fourth-order valence-electron chi connectivity index (χ4n) is 2.48. The molecular weight excluding hydrogens is 367 g/mol. The van der Waals surface area contributed by atoms with Crippen molar-refractivity contribution in [1.82, 2.24) is 5.32 Å². The number of halogens is 2. The van der Waals surface area contributed by atoms with Crippen molar-refractivity contribution in [2.45, 2.75) is 13.3 Å². The number of nitrogens with zero attached hydrogens (tertiary/aromatic N) is 1. The van der Waals surface area contributed by atoms with E-state index in [9.17, 15) is 14.7 Å². The van der Waals surface area contributed by atoms with Gasteiger partial charge in [-0.15, -0.1) is 0 Å². The number of urea groups is 1. The van der Waals surface area contributed by atoms with Crippen LogP contribution in [0, 0.1) is 0 Å². The number of phenolic OH excluding ortho intramolecular Hbond substituents is 1. The molecule has 130 valence electrons. The van der Waals surface area contributed by atoms with Gasteiger partial charge in [0, 0.05) is 5.69 Å². The second-order valence-corrected chi connectivity index (χ2v) is 6.24. The number of hydrogen-bond donors (Lipinski definition) is 2. The first-order chi connectivity index (χ1) is 11.9.